The van der Waals surface area contributed by atoms with Crippen LogP contribution in [0, 0.1) is 5.21 Å². The molecule has 6 heavy (non-hydrogen) atoms. The third-order valence-corrected chi connectivity index (χ3v) is 0. The number of rotatable bonds is 0. The standard InChI is InChI=1S/C2H5NO.C2H6/c1-3(2)4;1-2/h1H2,2H3;1-2H3. The van der Waals surface area contributed by atoms with Crippen LogP contribution in [0.5, 0.6) is 0 Å². The first-order valence-corrected chi connectivity index (χ1v) is 1.95. The van der Waals surface area contributed by atoms with Crippen LogP contribution in [0.15, 0.2) is 0 Å². The van der Waals surface area contributed by atoms with Gasteiger partial charge in [0.1, 0.15) is 13.8 Å². The molecular formula is C4H11NO. The second kappa shape index (κ2) is 8.82. The molecule has 0 aliphatic heterocycles. The molecule has 0 radical (unpaired) electrons. The van der Waals surface area contributed by atoms with Crippen LogP contribution >= 0.6 is 0 Å². The van der Waals surface area contributed by atoms with E-state index in [1.807, 2.05) is 13.8 Å². The average Bonchev–Trinajstić information content (AvgIpc) is 1.41. The Morgan fingerprint density at radius 2 is 1.50 bits per heavy atom. The van der Waals surface area contributed by atoms with Crippen LogP contribution in [0.4, 0.5) is 0 Å². The van der Waals surface area contributed by atoms with Gasteiger partial charge in [0, 0.05) is 0 Å². The van der Waals surface area contributed by atoms with Gasteiger partial charge in [-0.15, -0.1) is 0 Å². The number of hydroxylamine groups is 1. The van der Waals surface area contributed by atoms with Gasteiger partial charge >= 0.3 is 0 Å². The van der Waals surface area contributed by atoms with Crippen LogP contribution in [0.1, 0.15) is 13.8 Å². The lowest BCUT2D eigenvalue weighted by Crippen LogP contribution is -1.82. The fourth-order valence-electron chi connectivity index (χ4n) is 0. The maximum absolute atomic E-state index is 9.25. The highest BCUT2D eigenvalue weighted by Gasteiger charge is 1.43. The second-order valence-corrected chi connectivity index (χ2v) is 0.628. The van der Waals surface area contributed by atoms with Gasteiger partial charge < -0.3 is 5.21 Å². The molecule has 2 heteroatoms. The first-order valence-electron chi connectivity index (χ1n) is 1.95. The Hall–Kier alpha value is -0.530. The van der Waals surface area contributed by atoms with E-state index in [2.05, 4.69) is 6.72 Å². The van der Waals surface area contributed by atoms with Gasteiger partial charge in [-0.25, -0.2) is 4.74 Å². The summed E-state index contributed by atoms with van der Waals surface area (Å²) in [6.07, 6.45) is 0. The lowest BCUT2D eigenvalue weighted by Gasteiger charge is -1.82. The minimum Gasteiger partial charge on any atom is -0.624 e. The van der Waals surface area contributed by atoms with E-state index in [0.717, 1.165) is 0 Å². The van der Waals surface area contributed by atoms with Crippen molar-refractivity contribution in [2.24, 2.45) is 0 Å². The molecule has 0 atom stereocenters. The van der Waals surface area contributed by atoms with Gasteiger partial charge in [-0.05, 0) is 0 Å². The summed E-state index contributed by atoms with van der Waals surface area (Å²) >= 11 is 0. The summed E-state index contributed by atoms with van der Waals surface area (Å²) in [5.41, 5.74) is 0. The van der Waals surface area contributed by atoms with Crippen molar-refractivity contribution in [3.8, 4) is 0 Å². The fraction of sp³-hybridized carbons (Fsp3) is 0.750. The Morgan fingerprint density at radius 3 is 1.50 bits per heavy atom. The zero-order valence-electron chi connectivity index (χ0n) is 4.56. The maximum Gasteiger partial charge on any atom is 0.142 e. The summed E-state index contributed by atoms with van der Waals surface area (Å²) in [5.74, 6) is 0. The van der Waals surface area contributed by atoms with E-state index in [1.165, 1.54) is 7.05 Å². The third kappa shape index (κ3) is 75.4. The monoisotopic (exact) mass is 89.1 g/mol. The minimum absolute atomic E-state index is 0.500. The molecule has 0 saturated carbocycles. The molecule has 38 valence electrons. The smallest absolute Gasteiger partial charge is 0.142 e. The quantitative estimate of drug-likeness (QED) is 0.187. The van der Waals surface area contributed by atoms with Gasteiger partial charge in [-0.3, -0.25) is 0 Å². The summed E-state index contributed by atoms with van der Waals surface area (Å²) in [4.78, 5) is 0. The molecule has 0 rings (SSSR count). The topological polar surface area (TPSA) is 26.1 Å². The third-order valence-electron chi connectivity index (χ3n) is 0. The van der Waals surface area contributed by atoms with Crippen molar-refractivity contribution in [3.63, 3.8) is 0 Å². The molecule has 0 aromatic carbocycles. The lowest BCUT2D eigenvalue weighted by atomic mass is 11.0. The number of hydrogen-bond donors (Lipinski definition) is 0. The van der Waals surface area contributed by atoms with Crippen LogP contribution in [-0.4, -0.2) is 18.5 Å². The SMILES string of the molecule is C=[N+](C)[O-].CC. The predicted octanol–water partition coefficient (Wildman–Crippen LogP) is 0.853. The van der Waals surface area contributed by atoms with Crippen LogP contribution in [0.2, 0.25) is 0 Å². The van der Waals surface area contributed by atoms with E-state index in [1.54, 1.807) is 0 Å². The Labute approximate surface area is 38.7 Å². The van der Waals surface area contributed by atoms with Crippen molar-refractivity contribution in [3.05, 3.63) is 5.21 Å². The molecule has 0 saturated heterocycles. The van der Waals surface area contributed by atoms with Crippen molar-refractivity contribution in [1.82, 2.24) is 0 Å². The van der Waals surface area contributed by atoms with Gasteiger partial charge in [-0.2, -0.15) is 0 Å². The van der Waals surface area contributed by atoms with Crippen molar-refractivity contribution in [2.75, 3.05) is 7.05 Å². The highest BCUT2D eigenvalue weighted by atomic mass is 16.5. The number of nitrogens with zero attached hydrogens (tertiary/aromatic N) is 1. The van der Waals surface area contributed by atoms with Crippen molar-refractivity contribution in [1.29, 1.82) is 0 Å². The van der Waals surface area contributed by atoms with Crippen LogP contribution < -0.4 is 0 Å². The largest absolute Gasteiger partial charge is 0.624 e. The molecule has 0 aromatic rings. The summed E-state index contributed by atoms with van der Waals surface area (Å²) in [5, 5.41) is 9.25. The molecule has 0 aliphatic carbocycles. The van der Waals surface area contributed by atoms with E-state index < -0.39 is 0 Å². The van der Waals surface area contributed by atoms with E-state index in [-0.39, 0.29) is 0 Å². The van der Waals surface area contributed by atoms with Gasteiger partial charge in [0.2, 0.25) is 0 Å². The number of hydrogen-bond acceptors (Lipinski definition) is 1. The second-order valence-electron chi connectivity index (χ2n) is 0.628. The van der Waals surface area contributed by atoms with Gasteiger partial charge in [0.15, 0.2) is 0 Å². The lowest BCUT2D eigenvalue weighted by molar-refractivity contribution is -0.412. The zero-order valence-corrected chi connectivity index (χ0v) is 4.56. The summed E-state index contributed by atoms with van der Waals surface area (Å²) in [6, 6.07) is 0. The van der Waals surface area contributed by atoms with E-state index >= 15 is 0 Å². The molecule has 0 N–H and O–H groups in total. The summed E-state index contributed by atoms with van der Waals surface area (Å²) < 4.78 is 0.500. The van der Waals surface area contributed by atoms with Gasteiger partial charge in [0.05, 0.1) is 0 Å². The summed E-state index contributed by atoms with van der Waals surface area (Å²) in [6.45, 7) is 6.92. The molecular weight excluding hydrogens is 78.0 g/mol. The normalized spacial score (nSPS) is 5.17. The van der Waals surface area contributed by atoms with Gasteiger partial charge in [-0.1, -0.05) is 13.8 Å². The van der Waals surface area contributed by atoms with Crippen molar-refractivity contribution < 1.29 is 4.74 Å². The molecule has 0 spiro atoms. The molecule has 0 amide bonds. The Bertz CT molecular complexity index is 30.5. The highest BCUT2D eigenvalue weighted by molar-refractivity contribution is 5.14. The zero-order chi connectivity index (χ0) is 5.58. The fourth-order valence-corrected chi connectivity index (χ4v) is 0. The predicted molar refractivity (Wildman–Crippen MR) is 28.0 cm³/mol. The minimum atomic E-state index is 0.500. The van der Waals surface area contributed by atoms with Gasteiger partial charge in [0.25, 0.3) is 0 Å². The Morgan fingerprint density at radius 1 is 1.50 bits per heavy atom. The molecule has 0 heterocycles. The Balaban J connectivity index is 0. The first kappa shape index (κ1) is 9.08. The molecule has 0 unspecified atom stereocenters. The molecule has 0 aromatic heterocycles. The first-order chi connectivity index (χ1) is 2.73. The van der Waals surface area contributed by atoms with Crippen LogP contribution in [-0.2, 0) is 0 Å². The van der Waals surface area contributed by atoms with Crippen molar-refractivity contribution >= 4 is 6.72 Å². The Kier molecular flexibility index (Phi) is 13.3. The molecule has 0 bridgehead atoms. The molecule has 2 nitrogen and oxygen atoms in total. The molecule has 0 aliphatic rings. The van der Waals surface area contributed by atoms with Crippen LogP contribution in [0.25, 0.3) is 0 Å². The molecule has 0 fully saturated rings. The van der Waals surface area contributed by atoms with Crippen molar-refractivity contribution in [2.45, 2.75) is 13.8 Å². The highest BCUT2D eigenvalue weighted by Crippen LogP contribution is 1.36. The summed E-state index contributed by atoms with van der Waals surface area (Å²) in [7, 11) is 1.33. The van der Waals surface area contributed by atoms with Crippen LogP contribution in [0.3, 0.4) is 0 Å². The van der Waals surface area contributed by atoms with E-state index in [9.17, 15) is 5.21 Å². The maximum atomic E-state index is 9.25. The van der Waals surface area contributed by atoms with E-state index in [4.69, 9.17) is 0 Å². The average molecular weight is 89.1 g/mol. The van der Waals surface area contributed by atoms with E-state index in [0.29, 0.717) is 4.74 Å².